The smallest absolute Gasteiger partial charge is 0.321 e. The molecule has 12 heteroatoms. The third-order valence-corrected chi connectivity index (χ3v) is 4.46. The number of hydrogen-bond donors (Lipinski definition) is 2. The van der Waals surface area contributed by atoms with Crippen LogP contribution in [-0.4, -0.2) is 32.3 Å². The van der Waals surface area contributed by atoms with E-state index in [1.54, 1.807) is 17.0 Å². The van der Waals surface area contributed by atoms with E-state index in [9.17, 15) is 25.0 Å². The van der Waals surface area contributed by atoms with Crippen molar-refractivity contribution in [3.05, 3.63) is 86.7 Å². The van der Waals surface area contributed by atoms with E-state index < -0.39 is 21.4 Å². The molecule has 2 N–H and O–H groups in total. The van der Waals surface area contributed by atoms with E-state index in [0.29, 0.717) is 17.8 Å². The first kappa shape index (κ1) is 22.1. The molecule has 1 aromatic heterocycles. The number of carbonyl (C=O) groups excluding carboxylic acids is 1. The number of nitro benzene ring substituents is 1. The van der Waals surface area contributed by atoms with Crippen molar-refractivity contribution >= 4 is 34.6 Å². The van der Waals surface area contributed by atoms with Gasteiger partial charge in [0.25, 0.3) is 5.69 Å². The highest BCUT2D eigenvalue weighted by Gasteiger charge is 2.27. The zero-order valence-corrected chi connectivity index (χ0v) is 17.0. The number of hydrazine groups is 1. The number of para-hydroxylation sites is 1. The third kappa shape index (κ3) is 5.11. The number of aromatic nitrogens is 2. The van der Waals surface area contributed by atoms with E-state index in [-0.39, 0.29) is 23.7 Å². The van der Waals surface area contributed by atoms with Crippen molar-refractivity contribution in [3.8, 4) is 0 Å². The van der Waals surface area contributed by atoms with E-state index in [4.69, 9.17) is 0 Å². The number of anilines is 3. The number of non-ortho nitro benzene ring substituents is 1. The standard InChI is InChI=1S/C20H19N7O5/c1-2-25(15-6-4-3-5-7-15)20-18(27(31)32)19(21-13-22-20)24-23-17(28)12-14-8-10-16(11-9-14)26(29)30/h3-11,13H,2,12H2,1H3,(H,23,28)(H,21,22,24). The van der Waals surface area contributed by atoms with Gasteiger partial charge in [0.05, 0.1) is 16.3 Å². The minimum atomic E-state index is -0.619. The highest BCUT2D eigenvalue weighted by Crippen LogP contribution is 2.35. The molecule has 1 heterocycles. The highest BCUT2D eigenvalue weighted by molar-refractivity contribution is 5.81. The first-order valence-corrected chi connectivity index (χ1v) is 9.50. The topological polar surface area (TPSA) is 156 Å². The molecule has 0 aliphatic heterocycles. The summed E-state index contributed by atoms with van der Waals surface area (Å²) in [6, 6.07) is 14.6. The molecule has 164 valence electrons. The van der Waals surface area contributed by atoms with Gasteiger partial charge in [0.15, 0.2) is 0 Å². The van der Waals surface area contributed by atoms with Crippen LogP contribution in [0.4, 0.5) is 28.7 Å². The maximum atomic E-state index is 12.3. The Labute approximate surface area is 182 Å². The van der Waals surface area contributed by atoms with Crippen LogP contribution in [0.5, 0.6) is 0 Å². The lowest BCUT2D eigenvalue weighted by Gasteiger charge is -2.22. The molecule has 0 saturated heterocycles. The minimum Gasteiger partial charge on any atom is -0.321 e. The molecule has 3 rings (SSSR count). The predicted octanol–water partition coefficient (Wildman–Crippen LogP) is 3.14. The van der Waals surface area contributed by atoms with Crippen LogP contribution in [-0.2, 0) is 11.2 Å². The zero-order valence-electron chi connectivity index (χ0n) is 17.0. The highest BCUT2D eigenvalue weighted by atomic mass is 16.6. The molecule has 2 aromatic carbocycles. The molecular weight excluding hydrogens is 418 g/mol. The average Bonchev–Trinajstić information content (AvgIpc) is 2.79. The van der Waals surface area contributed by atoms with Crippen molar-refractivity contribution < 1.29 is 14.6 Å². The molecular formula is C20H19N7O5. The lowest BCUT2D eigenvalue weighted by Crippen LogP contribution is -2.32. The van der Waals surface area contributed by atoms with Crippen LogP contribution >= 0.6 is 0 Å². The molecule has 0 fully saturated rings. The largest absolute Gasteiger partial charge is 0.355 e. The van der Waals surface area contributed by atoms with E-state index >= 15 is 0 Å². The normalized spacial score (nSPS) is 10.3. The summed E-state index contributed by atoms with van der Waals surface area (Å²) in [7, 11) is 0. The second-order valence-corrected chi connectivity index (χ2v) is 6.50. The first-order chi connectivity index (χ1) is 15.4. The number of rotatable bonds is 9. The minimum absolute atomic E-state index is 0.0748. The van der Waals surface area contributed by atoms with Crippen LogP contribution < -0.4 is 15.8 Å². The summed E-state index contributed by atoms with van der Waals surface area (Å²) in [6.45, 7) is 2.24. The van der Waals surface area contributed by atoms with Gasteiger partial charge in [-0.25, -0.2) is 9.97 Å². The SMILES string of the molecule is CCN(c1ccccc1)c1ncnc(NNC(=O)Cc2ccc([N+](=O)[O-])cc2)c1[N+](=O)[O-]. The van der Waals surface area contributed by atoms with Gasteiger partial charge in [0.1, 0.15) is 6.33 Å². The van der Waals surface area contributed by atoms with Crippen molar-refractivity contribution in [1.82, 2.24) is 15.4 Å². The van der Waals surface area contributed by atoms with Gasteiger partial charge < -0.3 is 4.90 Å². The zero-order chi connectivity index (χ0) is 23.1. The molecule has 1 amide bonds. The van der Waals surface area contributed by atoms with Crippen molar-refractivity contribution in [3.63, 3.8) is 0 Å². The molecule has 0 saturated carbocycles. The molecule has 0 aliphatic carbocycles. The predicted molar refractivity (Wildman–Crippen MR) is 116 cm³/mol. The van der Waals surface area contributed by atoms with Gasteiger partial charge in [-0.05, 0) is 24.6 Å². The Bertz CT molecular complexity index is 1120. The van der Waals surface area contributed by atoms with Crippen molar-refractivity contribution in [2.24, 2.45) is 0 Å². The Hall–Kier alpha value is -4.61. The van der Waals surface area contributed by atoms with Gasteiger partial charge in [-0.2, -0.15) is 0 Å². The summed E-state index contributed by atoms with van der Waals surface area (Å²) in [5.41, 5.74) is 5.62. The van der Waals surface area contributed by atoms with Crippen LogP contribution in [0, 0.1) is 20.2 Å². The molecule has 3 aromatic rings. The van der Waals surface area contributed by atoms with Crippen LogP contribution in [0.25, 0.3) is 0 Å². The maximum Gasteiger partial charge on any atom is 0.355 e. The molecule has 0 spiro atoms. The number of nitrogens with zero attached hydrogens (tertiary/aromatic N) is 5. The fraction of sp³-hybridized carbons (Fsp3) is 0.150. The van der Waals surface area contributed by atoms with Crippen molar-refractivity contribution in [1.29, 1.82) is 0 Å². The van der Waals surface area contributed by atoms with E-state index in [1.807, 2.05) is 25.1 Å². The van der Waals surface area contributed by atoms with E-state index in [1.165, 1.54) is 30.6 Å². The van der Waals surface area contributed by atoms with Gasteiger partial charge in [0, 0.05) is 24.4 Å². The summed E-state index contributed by atoms with van der Waals surface area (Å²) in [6.07, 6.45) is 1.07. The molecule has 0 atom stereocenters. The third-order valence-electron chi connectivity index (χ3n) is 4.46. The number of benzene rings is 2. The van der Waals surface area contributed by atoms with Crippen molar-refractivity contribution in [2.45, 2.75) is 13.3 Å². The Kier molecular flexibility index (Phi) is 6.85. The van der Waals surface area contributed by atoms with Crippen LogP contribution in [0.1, 0.15) is 12.5 Å². The Balaban J connectivity index is 1.78. The summed E-state index contributed by atoms with van der Waals surface area (Å²) in [4.78, 5) is 43.3. The molecule has 32 heavy (non-hydrogen) atoms. The summed E-state index contributed by atoms with van der Waals surface area (Å²) in [5, 5.41) is 22.5. The van der Waals surface area contributed by atoms with Gasteiger partial charge in [-0.1, -0.05) is 30.3 Å². The Morgan fingerprint density at radius 1 is 1.00 bits per heavy atom. The number of nitrogens with one attached hydrogen (secondary N) is 2. The number of carbonyl (C=O) groups is 1. The molecule has 12 nitrogen and oxygen atoms in total. The van der Waals surface area contributed by atoms with E-state index in [0.717, 1.165) is 0 Å². The molecule has 0 unspecified atom stereocenters. The first-order valence-electron chi connectivity index (χ1n) is 9.50. The van der Waals surface area contributed by atoms with Gasteiger partial charge in [0.2, 0.25) is 17.5 Å². The second kappa shape index (κ2) is 9.93. The average molecular weight is 437 g/mol. The summed E-state index contributed by atoms with van der Waals surface area (Å²) in [5.74, 6) is -0.610. The van der Waals surface area contributed by atoms with Gasteiger partial charge in [-0.3, -0.25) is 35.9 Å². The fourth-order valence-electron chi connectivity index (χ4n) is 2.98. The molecule has 0 radical (unpaired) electrons. The number of nitro groups is 2. The second-order valence-electron chi connectivity index (χ2n) is 6.50. The quantitative estimate of drug-likeness (QED) is 0.379. The number of amides is 1. The maximum absolute atomic E-state index is 12.3. The van der Waals surface area contributed by atoms with Crippen LogP contribution in [0.2, 0.25) is 0 Å². The van der Waals surface area contributed by atoms with Gasteiger partial charge >= 0.3 is 5.69 Å². The molecule has 0 bridgehead atoms. The fourth-order valence-corrected chi connectivity index (χ4v) is 2.98. The van der Waals surface area contributed by atoms with Crippen molar-refractivity contribution in [2.75, 3.05) is 16.9 Å². The Morgan fingerprint density at radius 3 is 2.28 bits per heavy atom. The van der Waals surface area contributed by atoms with E-state index in [2.05, 4.69) is 20.8 Å². The molecule has 0 aliphatic rings. The van der Waals surface area contributed by atoms with Crippen LogP contribution in [0.3, 0.4) is 0 Å². The Morgan fingerprint density at radius 2 is 1.69 bits per heavy atom. The monoisotopic (exact) mass is 437 g/mol. The lowest BCUT2D eigenvalue weighted by atomic mass is 10.1. The summed E-state index contributed by atoms with van der Waals surface area (Å²) < 4.78 is 0. The summed E-state index contributed by atoms with van der Waals surface area (Å²) >= 11 is 0. The van der Waals surface area contributed by atoms with Gasteiger partial charge in [-0.15, -0.1) is 0 Å². The lowest BCUT2D eigenvalue weighted by molar-refractivity contribution is -0.384. The number of hydrogen-bond acceptors (Lipinski definition) is 9. The van der Waals surface area contributed by atoms with Crippen LogP contribution in [0.15, 0.2) is 60.9 Å².